The Labute approximate surface area is 160 Å². The number of halogens is 1. The third kappa shape index (κ3) is 3.88. The number of benzene rings is 2. The van der Waals surface area contributed by atoms with Crippen LogP contribution in [0, 0.1) is 6.92 Å². The van der Waals surface area contributed by atoms with E-state index in [0.717, 1.165) is 48.2 Å². The Morgan fingerprint density at radius 2 is 1.81 bits per heavy atom. The number of carbonyl (C=O) groups is 1. The lowest BCUT2D eigenvalue weighted by Gasteiger charge is -2.36. The van der Waals surface area contributed by atoms with Gasteiger partial charge < -0.3 is 10.1 Å². The lowest BCUT2D eigenvalue weighted by molar-refractivity contribution is -0.122. The van der Waals surface area contributed by atoms with Gasteiger partial charge in [-0.05, 0) is 68.1 Å². The molecule has 0 radical (unpaired) electrons. The molecule has 1 fully saturated rings. The SMILES string of the molecule is CCOc1ccc(NC(=O)C2(c3ccc(Cl)cc3)CCCCC2)cc1C. The van der Waals surface area contributed by atoms with E-state index in [9.17, 15) is 4.79 Å². The summed E-state index contributed by atoms with van der Waals surface area (Å²) in [5.74, 6) is 0.929. The topological polar surface area (TPSA) is 38.3 Å². The molecule has 2 aromatic carbocycles. The first-order chi connectivity index (χ1) is 12.5. The van der Waals surface area contributed by atoms with E-state index in [-0.39, 0.29) is 5.91 Å². The van der Waals surface area contributed by atoms with Crippen molar-refractivity contribution in [1.29, 1.82) is 0 Å². The monoisotopic (exact) mass is 371 g/mol. The molecule has 2 aromatic rings. The van der Waals surface area contributed by atoms with Crippen molar-refractivity contribution in [3.05, 3.63) is 58.6 Å². The van der Waals surface area contributed by atoms with Gasteiger partial charge in [0.25, 0.3) is 0 Å². The molecule has 1 aliphatic carbocycles. The highest BCUT2D eigenvalue weighted by Gasteiger charge is 2.41. The molecule has 0 saturated heterocycles. The maximum absolute atomic E-state index is 13.3. The van der Waals surface area contributed by atoms with Gasteiger partial charge in [-0.25, -0.2) is 0 Å². The average Bonchev–Trinajstić information content (AvgIpc) is 2.65. The Morgan fingerprint density at radius 1 is 1.12 bits per heavy atom. The Bertz CT molecular complexity index is 764. The minimum absolute atomic E-state index is 0.0723. The second-order valence-corrected chi connectivity index (χ2v) is 7.45. The molecule has 0 bridgehead atoms. The number of carbonyl (C=O) groups excluding carboxylic acids is 1. The number of anilines is 1. The van der Waals surface area contributed by atoms with E-state index in [1.54, 1.807) is 0 Å². The van der Waals surface area contributed by atoms with Gasteiger partial charge in [-0.2, -0.15) is 0 Å². The van der Waals surface area contributed by atoms with E-state index in [2.05, 4.69) is 5.32 Å². The van der Waals surface area contributed by atoms with Gasteiger partial charge in [0, 0.05) is 10.7 Å². The number of hydrogen-bond acceptors (Lipinski definition) is 2. The lowest BCUT2D eigenvalue weighted by atomic mass is 9.68. The van der Waals surface area contributed by atoms with Crippen LogP contribution in [0.25, 0.3) is 0 Å². The van der Waals surface area contributed by atoms with Crippen LogP contribution >= 0.6 is 11.6 Å². The minimum Gasteiger partial charge on any atom is -0.494 e. The largest absolute Gasteiger partial charge is 0.494 e. The van der Waals surface area contributed by atoms with Crippen molar-refractivity contribution in [2.45, 2.75) is 51.4 Å². The molecule has 1 saturated carbocycles. The molecule has 0 spiro atoms. The lowest BCUT2D eigenvalue weighted by Crippen LogP contribution is -2.42. The van der Waals surface area contributed by atoms with Gasteiger partial charge in [0.15, 0.2) is 0 Å². The molecular formula is C22H26ClNO2. The van der Waals surface area contributed by atoms with Crippen LogP contribution in [0.1, 0.15) is 50.2 Å². The first-order valence-corrected chi connectivity index (χ1v) is 9.74. The fourth-order valence-electron chi connectivity index (χ4n) is 3.87. The number of rotatable bonds is 5. The first kappa shape index (κ1) is 18.8. The summed E-state index contributed by atoms with van der Waals surface area (Å²) >= 11 is 6.05. The van der Waals surface area contributed by atoms with Gasteiger partial charge in [-0.15, -0.1) is 0 Å². The Hall–Kier alpha value is -2.00. The standard InChI is InChI=1S/C22H26ClNO2/c1-3-26-20-12-11-19(15-16(20)2)24-21(25)22(13-5-4-6-14-22)17-7-9-18(23)10-8-17/h7-12,15H,3-6,13-14H2,1-2H3,(H,24,25). The van der Waals surface area contributed by atoms with Crippen LogP contribution in [0.5, 0.6) is 5.75 Å². The molecule has 3 nitrogen and oxygen atoms in total. The zero-order valence-corrected chi connectivity index (χ0v) is 16.2. The minimum atomic E-state index is -0.477. The third-order valence-corrected chi connectivity index (χ3v) is 5.52. The van der Waals surface area contributed by atoms with Crippen molar-refractivity contribution < 1.29 is 9.53 Å². The van der Waals surface area contributed by atoms with Gasteiger partial charge >= 0.3 is 0 Å². The molecule has 0 atom stereocenters. The average molecular weight is 372 g/mol. The number of amides is 1. The zero-order chi connectivity index (χ0) is 18.6. The fraction of sp³-hybridized carbons (Fsp3) is 0.409. The summed E-state index contributed by atoms with van der Waals surface area (Å²) in [7, 11) is 0. The highest BCUT2D eigenvalue weighted by molar-refractivity contribution is 6.30. The maximum Gasteiger partial charge on any atom is 0.235 e. The number of hydrogen-bond donors (Lipinski definition) is 1. The summed E-state index contributed by atoms with van der Waals surface area (Å²) in [6.07, 6.45) is 5.06. The molecule has 26 heavy (non-hydrogen) atoms. The summed E-state index contributed by atoms with van der Waals surface area (Å²) in [6, 6.07) is 13.6. The smallest absolute Gasteiger partial charge is 0.235 e. The molecule has 1 amide bonds. The van der Waals surface area contributed by atoms with Gasteiger partial charge in [-0.1, -0.05) is 43.0 Å². The van der Waals surface area contributed by atoms with Gasteiger partial charge in [0.1, 0.15) is 5.75 Å². The highest BCUT2D eigenvalue weighted by atomic mass is 35.5. The van der Waals surface area contributed by atoms with E-state index < -0.39 is 5.41 Å². The van der Waals surface area contributed by atoms with Crippen LogP contribution in [-0.4, -0.2) is 12.5 Å². The van der Waals surface area contributed by atoms with Crippen LogP contribution in [0.15, 0.2) is 42.5 Å². The summed E-state index contributed by atoms with van der Waals surface area (Å²) in [5, 5.41) is 3.84. The number of nitrogens with one attached hydrogen (secondary N) is 1. The van der Waals surface area contributed by atoms with Crippen molar-refractivity contribution >= 4 is 23.2 Å². The van der Waals surface area contributed by atoms with Crippen molar-refractivity contribution in [2.75, 3.05) is 11.9 Å². The second kappa shape index (κ2) is 8.13. The van der Waals surface area contributed by atoms with Crippen molar-refractivity contribution in [2.24, 2.45) is 0 Å². The Morgan fingerprint density at radius 3 is 2.42 bits per heavy atom. The molecule has 0 unspecified atom stereocenters. The quantitative estimate of drug-likeness (QED) is 0.711. The number of ether oxygens (including phenoxy) is 1. The predicted octanol–water partition coefficient (Wildman–Crippen LogP) is 5.89. The van der Waals surface area contributed by atoms with Crippen LogP contribution in [0.4, 0.5) is 5.69 Å². The van der Waals surface area contributed by atoms with Gasteiger partial charge in [0.2, 0.25) is 5.91 Å². The predicted molar refractivity (Wildman–Crippen MR) is 107 cm³/mol. The summed E-state index contributed by atoms with van der Waals surface area (Å²) in [4.78, 5) is 13.3. The summed E-state index contributed by atoms with van der Waals surface area (Å²) in [5.41, 5.74) is 2.42. The van der Waals surface area contributed by atoms with E-state index in [1.807, 2.05) is 56.3 Å². The fourth-order valence-corrected chi connectivity index (χ4v) is 3.99. The molecule has 1 N–H and O–H groups in total. The molecule has 138 valence electrons. The van der Waals surface area contributed by atoms with Crippen LogP contribution in [0.2, 0.25) is 5.02 Å². The molecule has 0 heterocycles. The zero-order valence-electron chi connectivity index (χ0n) is 15.5. The summed E-state index contributed by atoms with van der Waals surface area (Å²) in [6.45, 7) is 4.59. The van der Waals surface area contributed by atoms with Gasteiger partial charge in [0.05, 0.1) is 12.0 Å². The second-order valence-electron chi connectivity index (χ2n) is 7.02. The molecule has 4 heteroatoms. The van der Waals surface area contributed by atoms with E-state index >= 15 is 0 Å². The molecule has 1 aliphatic rings. The maximum atomic E-state index is 13.3. The van der Waals surface area contributed by atoms with Crippen LogP contribution in [0.3, 0.4) is 0 Å². The van der Waals surface area contributed by atoms with E-state index in [4.69, 9.17) is 16.3 Å². The molecule has 3 rings (SSSR count). The van der Waals surface area contributed by atoms with Gasteiger partial charge in [-0.3, -0.25) is 4.79 Å². The van der Waals surface area contributed by atoms with Crippen molar-refractivity contribution in [3.63, 3.8) is 0 Å². The Balaban J connectivity index is 1.86. The van der Waals surface area contributed by atoms with Crippen LogP contribution < -0.4 is 10.1 Å². The van der Waals surface area contributed by atoms with Crippen LogP contribution in [-0.2, 0) is 10.2 Å². The van der Waals surface area contributed by atoms with E-state index in [0.29, 0.717) is 11.6 Å². The first-order valence-electron chi connectivity index (χ1n) is 9.36. The molecule has 0 aliphatic heterocycles. The normalized spacial score (nSPS) is 16.1. The van der Waals surface area contributed by atoms with Crippen molar-refractivity contribution in [1.82, 2.24) is 0 Å². The highest BCUT2D eigenvalue weighted by Crippen LogP contribution is 2.41. The van der Waals surface area contributed by atoms with E-state index in [1.165, 1.54) is 6.42 Å². The Kier molecular flexibility index (Phi) is 5.87. The van der Waals surface area contributed by atoms with Crippen molar-refractivity contribution in [3.8, 4) is 5.75 Å². The third-order valence-electron chi connectivity index (χ3n) is 5.27. The summed E-state index contributed by atoms with van der Waals surface area (Å²) < 4.78 is 5.59. The number of aryl methyl sites for hydroxylation is 1. The molecular weight excluding hydrogens is 346 g/mol. The molecule has 0 aromatic heterocycles.